The number of aliphatic hydroxyl groups is 2. The van der Waals surface area contributed by atoms with E-state index >= 15 is 0 Å². The van der Waals surface area contributed by atoms with Crippen molar-refractivity contribution in [3.63, 3.8) is 0 Å². The Morgan fingerprint density at radius 2 is 2.00 bits per heavy atom. The number of Topliss-reactive ketones (excluding diaryl/α,β-unsaturated/α-hetero) is 1. The summed E-state index contributed by atoms with van der Waals surface area (Å²) in [5, 5.41) is 32.9. The minimum Gasteiger partial charge on any atom is -0.389 e. The number of aliphatic hydroxyl groups excluding tert-OH is 2. The second-order valence-corrected chi connectivity index (χ2v) is 8.69. The summed E-state index contributed by atoms with van der Waals surface area (Å²) in [6.07, 6.45) is 1.64. The van der Waals surface area contributed by atoms with Crippen LogP contribution in [-0.4, -0.2) is 69.8 Å². The molecule has 0 aliphatic heterocycles. The summed E-state index contributed by atoms with van der Waals surface area (Å²) in [5.41, 5.74) is 1.70. The van der Waals surface area contributed by atoms with Gasteiger partial charge < -0.3 is 20.1 Å². The van der Waals surface area contributed by atoms with E-state index in [1.165, 1.54) is 11.6 Å². The number of fused-ring (bicyclic) bond motifs is 2. The van der Waals surface area contributed by atoms with E-state index in [4.69, 9.17) is 0 Å². The molecule has 0 bridgehead atoms. The molecule has 0 amide bonds. The summed E-state index contributed by atoms with van der Waals surface area (Å²) in [4.78, 5) is 25.9. The number of ketones is 1. The Hall–Kier alpha value is -3.70. The zero-order chi connectivity index (χ0) is 22.9. The van der Waals surface area contributed by atoms with E-state index in [1.54, 1.807) is 24.1 Å². The summed E-state index contributed by atoms with van der Waals surface area (Å²) < 4.78 is 3.23. The summed E-state index contributed by atoms with van der Waals surface area (Å²) in [7, 11) is 1.73. The molecule has 3 N–H and O–H groups in total. The van der Waals surface area contributed by atoms with Crippen molar-refractivity contribution in [2.45, 2.75) is 31.6 Å². The van der Waals surface area contributed by atoms with Gasteiger partial charge in [-0.3, -0.25) is 4.79 Å². The molecule has 0 saturated heterocycles. The molecule has 2 fully saturated rings. The first-order valence-electron chi connectivity index (χ1n) is 10.7. The Morgan fingerprint density at radius 3 is 2.70 bits per heavy atom. The maximum atomic E-state index is 12.3. The molecule has 0 spiro atoms. The van der Waals surface area contributed by atoms with Crippen LogP contribution in [0.2, 0.25) is 0 Å². The van der Waals surface area contributed by atoms with Gasteiger partial charge in [0.15, 0.2) is 17.0 Å². The Labute approximate surface area is 188 Å². The van der Waals surface area contributed by atoms with Gasteiger partial charge in [0, 0.05) is 12.6 Å². The molecule has 11 nitrogen and oxygen atoms in total. The lowest BCUT2D eigenvalue weighted by atomic mass is 9.95. The van der Waals surface area contributed by atoms with Gasteiger partial charge in [-0.25, -0.2) is 4.98 Å². The van der Waals surface area contributed by atoms with Crippen LogP contribution in [0.3, 0.4) is 0 Å². The maximum Gasteiger partial charge on any atom is 0.256 e. The number of imidazole rings is 1. The van der Waals surface area contributed by atoms with Crippen molar-refractivity contribution in [2.24, 2.45) is 11.3 Å². The van der Waals surface area contributed by atoms with Crippen LogP contribution in [0.1, 0.15) is 19.4 Å². The summed E-state index contributed by atoms with van der Waals surface area (Å²) >= 11 is 0. The average Bonchev–Trinajstić information content (AvgIpc) is 3.10. The normalized spacial score (nSPS) is 28.1. The number of aromatic nitrogens is 7. The van der Waals surface area contributed by atoms with Crippen LogP contribution in [0.25, 0.3) is 28.4 Å². The lowest BCUT2D eigenvalue weighted by Gasteiger charge is -2.23. The molecule has 2 unspecified atom stereocenters. The van der Waals surface area contributed by atoms with Gasteiger partial charge in [-0.15, -0.1) is 5.10 Å². The van der Waals surface area contributed by atoms with Crippen LogP contribution in [0.5, 0.6) is 0 Å². The molecular weight excluding hydrogens is 424 g/mol. The van der Waals surface area contributed by atoms with Crippen molar-refractivity contribution in [3.05, 3.63) is 42.9 Å². The molecule has 11 heteroatoms. The first-order chi connectivity index (χ1) is 16.0. The highest BCUT2D eigenvalue weighted by Crippen LogP contribution is 2.68. The Kier molecular flexibility index (Phi) is 4.17. The van der Waals surface area contributed by atoms with Gasteiger partial charge in [-0.05, 0) is 19.3 Å². The highest BCUT2D eigenvalue weighted by atomic mass is 16.3. The minimum absolute atomic E-state index is 0.103. The Morgan fingerprint density at radius 1 is 1.21 bits per heavy atom. The van der Waals surface area contributed by atoms with Crippen molar-refractivity contribution in [2.75, 3.05) is 12.4 Å². The largest absolute Gasteiger partial charge is 0.389 e. The number of nitrogens with zero attached hydrogens (tertiary/aromatic N) is 7. The molecule has 2 aliphatic carbocycles. The molecule has 6 rings (SSSR count). The van der Waals surface area contributed by atoms with E-state index in [0.29, 0.717) is 29.1 Å². The zero-order valence-electron chi connectivity index (χ0n) is 18.0. The number of carbonyl (C=O) groups excluding carboxylic acids is 1. The molecule has 0 radical (unpaired) electrons. The van der Waals surface area contributed by atoms with E-state index in [9.17, 15) is 15.0 Å². The zero-order valence-corrected chi connectivity index (χ0v) is 18.0. The first kappa shape index (κ1) is 19.9. The summed E-state index contributed by atoms with van der Waals surface area (Å²) in [6.45, 7) is 1.47. The highest BCUT2D eigenvalue weighted by Gasteiger charge is 2.74. The highest BCUT2D eigenvalue weighted by molar-refractivity contribution is 5.88. The van der Waals surface area contributed by atoms with Gasteiger partial charge in [0.25, 0.3) is 5.95 Å². The van der Waals surface area contributed by atoms with E-state index in [-0.39, 0.29) is 17.6 Å². The minimum atomic E-state index is -1.11. The van der Waals surface area contributed by atoms with Crippen molar-refractivity contribution in [1.29, 1.82) is 0 Å². The van der Waals surface area contributed by atoms with E-state index in [0.717, 1.165) is 5.56 Å². The Bertz CT molecular complexity index is 1380. The number of benzene rings is 1. The number of carbonyl (C=O) groups is 1. The second-order valence-electron chi connectivity index (χ2n) is 8.69. The summed E-state index contributed by atoms with van der Waals surface area (Å²) in [6, 6.07) is 9.15. The van der Waals surface area contributed by atoms with Gasteiger partial charge in [-0.2, -0.15) is 14.6 Å². The van der Waals surface area contributed by atoms with Crippen molar-refractivity contribution >= 4 is 22.8 Å². The van der Waals surface area contributed by atoms with Crippen molar-refractivity contribution in [3.8, 4) is 17.2 Å². The predicted octanol–water partition coefficient (Wildman–Crippen LogP) is 0.987. The third-order valence-electron chi connectivity index (χ3n) is 7.06. The molecule has 168 valence electrons. The van der Waals surface area contributed by atoms with E-state index in [2.05, 4.69) is 30.6 Å². The maximum absolute atomic E-state index is 12.3. The van der Waals surface area contributed by atoms with Crippen molar-refractivity contribution < 1.29 is 15.0 Å². The molecule has 2 aliphatic rings. The van der Waals surface area contributed by atoms with E-state index in [1.807, 2.05) is 30.3 Å². The van der Waals surface area contributed by atoms with Crippen LogP contribution < -0.4 is 5.32 Å². The van der Waals surface area contributed by atoms with Crippen LogP contribution in [0.4, 0.5) is 5.82 Å². The smallest absolute Gasteiger partial charge is 0.256 e. The number of anilines is 1. The number of hydrogen-bond donors (Lipinski definition) is 3. The van der Waals surface area contributed by atoms with Gasteiger partial charge >= 0.3 is 0 Å². The van der Waals surface area contributed by atoms with Crippen LogP contribution >= 0.6 is 0 Å². The van der Waals surface area contributed by atoms with Gasteiger partial charge in [-0.1, -0.05) is 35.5 Å². The SMILES string of the molecule is CNc1nc(-n2cc(-c3ccccc3)nn2)nc2c1ncn2[C@@H]1C2C[C@]2(C(C)=O)C(O)[C@H]1O. The van der Waals surface area contributed by atoms with E-state index < -0.39 is 23.7 Å². The van der Waals surface area contributed by atoms with Gasteiger partial charge in [0.2, 0.25) is 0 Å². The quantitative estimate of drug-likeness (QED) is 0.409. The number of nitrogens with one attached hydrogen (secondary N) is 1. The topological polar surface area (TPSA) is 144 Å². The standard InChI is InChI=1S/C22H22N8O3/c1-11(31)22-8-13(22)16(17(32)18(22)33)29-10-24-15-19(23-2)25-21(26-20(15)29)30-9-14(27-28-30)12-6-4-3-5-7-12/h3-7,9-10,13,16-18,32-33H,8H2,1-2H3,(H,23,25,26)/t13?,16-,17+,18?,22-/m1/s1. The van der Waals surface area contributed by atoms with Crippen LogP contribution in [0, 0.1) is 11.3 Å². The Balaban J connectivity index is 1.45. The van der Waals surface area contributed by atoms with Gasteiger partial charge in [0.1, 0.15) is 17.6 Å². The second kappa shape index (κ2) is 6.90. The number of hydrogen-bond acceptors (Lipinski definition) is 9. The fourth-order valence-corrected chi connectivity index (χ4v) is 5.27. The predicted molar refractivity (Wildman–Crippen MR) is 117 cm³/mol. The third kappa shape index (κ3) is 2.69. The van der Waals surface area contributed by atoms with Gasteiger partial charge in [0.05, 0.1) is 30.1 Å². The fourth-order valence-electron chi connectivity index (χ4n) is 5.27. The van der Waals surface area contributed by atoms with Crippen LogP contribution in [0.15, 0.2) is 42.9 Å². The third-order valence-corrected chi connectivity index (χ3v) is 7.06. The monoisotopic (exact) mass is 446 g/mol. The first-order valence-corrected chi connectivity index (χ1v) is 10.7. The molecular formula is C22H22N8O3. The molecule has 4 aromatic rings. The van der Waals surface area contributed by atoms with Crippen LogP contribution in [-0.2, 0) is 4.79 Å². The average molecular weight is 446 g/mol. The molecule has 3 heterocycles. The summed E-state index contributed by atoms with van der Waals surface area (Å²) in [5.74, 6) is 0.496. The molecule has 3 aromatic heterocycles. The lowest BCUT2D eigenvalue weighted by Crippen LogP contribution is -2.36. The fraction of sp³-hybridized carbons (Fsp3) is 0.364. The lowest BCUT2D eigenvalue weighted by molar-refractivity contribution is -0.128. The molecule has 33 heavy (non-hydrogen) atoms. The van der Waals surface area contributed by atoms with Crippen molar-refractivity contribution in [1.82, 2.24) is 34.5 Å². The number of rotatable bonds is 5. The molecule has 5 atom stereocenters. The molecule has 1 aromatic carbocycles. The molecule has 2 saturated carbocycles.